The van der Waals surface area contributed by atoms with Crippen LogP contribution >= 0.6 is 11.3 Å². The first-order valence-electron chi connectivity index (χ1n) is 11.5. The number of hydrogen-bond donors (Lipinski definition) is 0. The Bertz CT molecular complexity index is 909. The fourth-order valence-electron chi connectivity index (χ4n) is 6.20. The molecule has 8 heteroatoms. The number of tetrazole rings is 1. The van der Waals surface area contributed by atoms with Crippen molar-refractivity contribution in [3.05, 3.63) is 22.3 Å². The zero-order valence-electron chi connectivity index (χ0n) is 18.3. The van der Waals surface area contributed by atoms with Crippen LogP contribution in [-0.2, 0) is 0 Å². The maximum atomic E-state index is 13.8. The molecule has 5 rings (SSSR count). The molecule has 0 unspecified atom stereocenters. The van der Waals surface area contributed by atoms with E-state index in [9.17, 15) is 4.79 Å². The molecule has 4 atom stereocenters. The van der Waals surface area contributed by atoms with Crippen LogP contribution in [0.15, 0.2) is 6.33 Å². The van der Waals surface area contributed by atoms with Gasteiger partial charge in [-0.05, 0) is 73.9 Å². The molecule has 162 valence electrons. The second-order valence-electron chi connectivity index (χ2n) is 9.34. The number of rotatable bonds is 4. The Labute approximate surface area is 182 Å². The lowest BCUT2D eigenvalue weighted by Gasteiger charge is -2.57. The van der Waals surface area contributed by atoms with Gasteiger partial charge in [0.05, 0.1) is 5.56 Å². The lowest BCUT2D eigenvalue weighted by atomic mass is 9.71. The number of fused-ring (bicyclic) bond motifs is 4. The minimum Gasteiger partial charge on any atom is -0.338 e. The summed E-state index contributed by atoms with van der Waals surface area (Å²) in [7, 11) is 0. The van der Waals surface area contributed by atoms with Crippen LogP contribution in [0.4, 0.5) is 0 Å². The molecule has 3 aliphatic rings. The number of thiophene rings is 1. The van der Waals surface area contributed by atoms with E-state index in [-0.39, 0.29) is 5.91 Å². The highest BCUT2D eigenvalue weighted by Crippen LogP contribution is 2.43. The molecule has 2 aromatic rings. The normalized spacial score (nSPS) is 29.1. The molecule has 0 saturated carbocycles. The predicted octanol–water partition coefficient (Wildman–Crippen LogP) is 3.46. The highest BCUT2D eigenvalue weighted by molar-refractivity contribution is 7.15. The van der Waals surface area contributed by atoms with Crippen LogP contribution in [0.5, 0.6) is 0 Å². The van der Waals surface area contributed by atoms with Gasteiger partial charge in [0.1, 0.15) is 11.3 Å². The van der Waals surface area contributed by atoms with Crippen molar-refractivity contribution in [2.75, 3.05) is 19.6 Å². The number of piperidine rings is 3. The van der Waals surface area contributed by atoms with Gasteiger partial charge in [-0.3, -0.25) is 9.69 Å². The Hall–Kier alpha value is -1.80. The van der Waals surface area contributed by atoms with E-state index in [1.165, 1.54) is 45.1 Å². The van der Waals surface area contributed by atoms with Gasteiger partial charge in [-0.2, -0.15) is 4.68 Å². The standard InChI is InChI=1S/C22H32N6OS/c1-4-7-18-16-10-17(19-8-5-6-9-27(18)19)12-26(11-16)21(29)20-14(2)15(3)30-22(20)28-13-23-24-25-28/h13,16-19H,4-12H2,1-3H3/t16-,17+,18-,19-/m0/s1. The van der Waals surface area contributed by atoms with Crippen LogP contribution in [0.3, 0.4) is 0 Å². The average molecular weight is 429 g/mol. The van der Waals surface area contributed by atoms with Gasteiger partial charge in [0.15, 0.2) is 0 Å². The van der Waals surface area contributed by atoms with E-state index >= 15 is 0 Å². The molecule has 2 bridgehead atoms. The summed E-state index contributed by atoms with van der Waals surface area (Å²) in [5.74, 6) is 1.37. The van der Waals surface area contributed by atoms with Gasteiger partial charge in [0.25, 0.3) is 5.91 Å². The maximum absolute atomic E-state index is 13.8. The zero-order valence-corrected chi connectivity index (χ0v) is 19.1. The first-order chi connectivity index (χ1) is 14.6. The number of amides is 1. The predicted molar refractivity (Wildman–Crippen MR) is 117 cm³/mol. The SMILES string of the molecule is CCC[C@H]1[C@H]2C[C@H](CN(C(=O)c3c(-n4cnnn4)sc(C)c3C)C2)[C@@H]2CCCCN21. The average Bonchev–Trinajstić information content (AvgIpc) is 3.39. The topological polar surface area (TPSA) is 67.2 Å². The molecule has 0 aliphatic carbocycles. The van der Waals surface area contributed by atoms with E-state index in [1.807, 2.05) is 0 Å². The number of hydrogen-bond acceptors (Lipinski definition) is 6. The number of aromatic nitrogens is 4. The Morgan fingerprint density at radius 1 is 1.23 bits per heavy atom. The lowest BCUT2D eigenvalue weighted by molar-refractivity contribution is -0.0670. The molecule has 1 amide bonds. The molecule has 3 aliphatic heterocycles. The molecule has 0 radical (unpaired) electrons. The maximum Gasteiger partial charge on any atom is 0.257 e. The van der Waals surface area contributed by atoms with E-state index in [0.717, 1.165) is 34.1 Å². The van der Waals surface area contributed by atoms with Crippen molar-refractivity contribution >= 4 is 17.2 Å². The van der Waals surface area contributed by atoms with Gasteiger partial charge in [-0.15, -0.1) is 16.4 Å². The van der Waals surface area contributed by atoms with Crippen molar-refractivity contribution in [2.45, 2.75) is 71.4 Å². The summed E-state index contributed by atoms with van der Waals surface area (Å²) in [4.78, 5) is 20.0. The smallest absolute Gasteiger partial charge is 0.257 e. The second kappa shape index (κ2) is 8.04. The molecule has 5 heterocycles. The van der Waals surface area contributed by atoms with Crippen molar-refractivity contribution in [1.82, 2.24) is 30.0 Å². The molecule has 30 heavy (non-hydrogen) atoms. The second-order valence-corrected chi connectivity index (χ2v) is 10.5. The summed E-state index contributed by atoms with van der Waals surface area (Å²) in [6.45, 7) is 9.45. The number of aryl methyl sites for hydroxylation is 1. The summed E-state index contributed by atoms with van der Waals surface area (Å²) in [6, 6.07) is 1.29. The summed E-state index contributed by atoms with van der Waals surface area (Å²) in [5, 5.41) is 12.5. The number of nitrogens with zero attached hydrogens (tertiary/aromatic N) is 6. The number of carbonyl (C=O) groups is 1. The largest absolute Gasteiger partial charge is 0.338 e. The molecule has 0 aromatic carbocycles. The molecule has 7 nitrogen and oxygen atoms in total. The van der Waals surface area contributed by atoms with Crippen molar-refractivity contribution in [3.63, 3.8) is 0 Å². The Morgan fingerprint density at radius 2 is 2.07 bits per heavy atom. The molecular formula is C22H32N6OS. The quantitative estimate of drug-likeness (QED) is 0.746. The Kier molecular flexibility index (Phi) is 5.39. The van der Waals surface area contributed by atoms with Crippen molar-refractivity contribution < 1.29 is 4.79 Å². The number of carbonyl (C=O) groups excluding carboxylic acids is 1. The summed E-state index contributed by atoms with van der Waals surface area (Å²) in [6.07, 6.45) is 9.31. The van der Waals surface area contributed by atoms with Gasteiger partial charge in [-0.25, -0.2) is 0 Å². The monoisotopic (exact) mass is 428 g/mol. The van der Waals surface area contributed by atoms with E-state index in [2.05, 4.69) is 46.1 Å². The molecule has 0 spiro atoms. The van der Waals surface area contributed by atoms with Crippen LogP contribution in [0, 0.1) is 25.7 Å². The highest BCUT2D eigenvalue weighted by atomic mass is 32.1. The molecule has 2 aromatic heterocycles. The first kappa shape index (κ1) is 20.1. The third kappa shape index (κ3) is 3.28. The minimum atomic E-state index is 0.163. The van der Waals surface area contributed by atoms with Crippen molar-refractivity contribution in [3.8, 4) is 5.00 Å². The fourth-order valence-corrected chi connectivity index (χ4v) is 7.27. The Morgan fingerprint density at radius 3 is 2.83 bits per heavy atom. The van der Waals surface area contributed by atoms with Crippen LogP contribution < -0.4 is 0 Å². The van der Waals surface area contributed by atoms with Crippen molar-refractivity contribution in [1.29, 1.82) is 0 Å². The first-order valence-corrected chi connectivity index (χ1v) is 12.3. The van der Waals surface area contributed by atoms with Crippen LogP contribution in [0.2, 0.25) is 0 Å². The van der Waals surface area contributed by atoms with Gasteiger partial charge in [0.2, 0.25) is 0 Å². The van der Waals surface area contributed by atoms with E-state index in [0.29, 0.717) is 23.9 Å². The third-order valence-corrected chi connectivity index (χ3v) is 8.83. The van der Waals surface area contributed by atoms with Crippen LogP contribution in [0.25, 0.3) is 5.00 Å². The van der Waals surface area contributed by atoms with Crippen LogP contribution in [-0.4, -0.2) is 67.6 Å². The van der Waals surface area contributed by atoms with E-state index < -0.39 is 0 Å². The van der Waals surface area contributed by atoms with Crippen LogP contribution in [0.1, 0.15) is 66.2 Å². The zero-order chi connectivity index (χ0) is 20.8. The molecule has 3 fully saturated rings. The molecule has 3 saturated heterocycles. The van der Waals surface area contributed by atoms with E-state index in [1.54, 1.807) is 22.3 Å². The fraction of sp³-hybridized carbons (Fsp3) is 0.727. The summed E-state index contributed by atoms with van der Waals surface area (Å²) in [5.41, 5.74) is 1.85. The Balaban J connectivity index is 1.46. The third-order valence-electron chi connectivity index (χ3n) is 7.63. The van der Waals surface area contributed by atoms with E-state index in [4.69, 9.17) is 0 Å². The number of likely N-dealkylation sites (tertiary alicyclic amines) is 1. The van der Waals surface area contributed by atoms with Gasteiger partial charge >= 0.3 is 0 Å². The molecular weight excluding hydrogens is 396 g/mol. The van der Waals surface area contributed by atoms with Gasteiger partial charge < -0.3 is 4.90 Å². The molecule has 0 N–H and O–H groups in total. The summed E-state index contributed by atoms with van der Waals surface area (Å²) >= 11 is 1.60. The highest BCUT2D eigenvalue weighted by Gasteiger charge is 2.47. The summed E-state index contributed by atoms with van der Waals surface area (Å²) < 4.78 is 1.64. The van der Waals surface area contributed by atoms with Gasteiger partial charge in [-0.1, -0.05) is 19.8 Å². The van der Waals surface area contributed by atoms with Gasteiger partial charge in [0, 0.05) is 30.1 Å². The lowest BCUT2D eigenvalue weighted by Crippen LogP contribution is -2.64. The van der Waals surface area contributed by atoms with Crippen molar-refractivity contribution in [2.24, 2.45) is 11.8 Å². The minimum absolute atomic E-state index is 0.163.